The zero-order valence-corrected chi connectivity index (χ0v) is 7.17. The summed E-state index contributed by atoms with van der Waals surface area (Å²) in [5.74, 6) is -0.674. The predicted octanol–water partition coefficient (Wildman–Crippen LogP) is -0.608. The van der Waals surface area contributed by atoms with E-state index in [0.717, 1.165) is 0 Å². The van der Waals surface area contributed by atoms with E-state index in [2.05, 4.69) is 25.3 Å². The molecule has 14 heavy (non-hydrogen) atoms. The van der Waals surface area contributed by atoms with Gasteiger partial charge in [-0.05, 0) is 6.92 Å². The van der Waals surface area contributed by atoms with Gasteiger partial charge >= 0.3 is 5.97 Å². The van der Waals surface area contributed by atoms with Gasteiger partial charge in [0.05, 0.1) is 0 Å². The van der Waals surface area contributed by atoms with Crippen molar-refractivity contribution in [3.8, 4) is 5.95 Å². The third-order valence-corrected chi connectivity index (χ3v) is 1.56. The van der Waals surface area contributed by atoms with Crippen LogP contribution in [-0.4, -0.2) is 41.0 Å². The Labute approximate surface area is 77.6 Å². The van der Waals surface area contributed by atoms with Crippen LogP contribution in [0.25, 0.3) is 5.95 Å². The predicted molar refractivity (Wildman–Crippen MR) is 43.0 cm³/mol. The van der Waals surface area contributed by atoms with Crippen molar-refractivity contribution in [1.29, 1.82) is 0 Å². The van der Waals surface area contributed by atoms with E-state index in [1.807, 2.05) is 0 Å². The SMILES string of the molecule is Cc1nc(C(=O)O)nn1-c1ncn[nH]1. The van der Waals surface area contributed by atoms with E-state index in [4.69, 9.17) is 5.11 Å². The summed E-state index contributed by atoms with van der Waals surface area (Å²) in [4.78, 5) is 18.1. The number of rotatable bonds is 2. The highest BCUT2D eigenvalue weighted by Crippen LogP contribution is 2.02. The molecule has 0 unspecified atom stereocenters. The Morgan fingerprint density at radius 2 is 2.43 bits per heavy atom. The molecule has 2 heterocycles. The molecular weight excluding hydrogens is 188 g/mol. The molecule has 8 heteroatoms. The van der Waals surface area contributed by atoms with E-state index in [1.165, 1.54) is 11.0 Å². The molecule has 0 bridgehead atoms. The molecule has 0 atom stereocenters. The first-order chi connectivity index (χ1) is 6.68. The van der Waals surface area contributed by atoms with Gasteiger partial charge in [0.2, 0.25) is 5.95 Å². The lowest BCUT2D eigenvalue weighted by atomic mass is 10.6. The maximum atomic E-state index is 10.6. The van der Waals surface area contributed by atoms with Crippen LogP contribution in [0, 0.1) is 6.92 Å². The molecule has 0 aliphatic heterocycles. The minimum absolute atomic E-state index is 0.265. The lowest BCUT2D eigenvalue weighted by Crippen LogP contribution is -2.03. The fraction of sp³-hybridized carbons (Fsp3) is 0.167. The largest absolute Gasteiger partial charge is 0.475 e. The smallest absolute Gasteiger partial charge is 0.375 e. The van der Waals surface area contributed by atoms with Crippen LogP contribution in [-0.2, 0) is 0 Å². The topological polar surface area (TPSA) is 110 Å². The first-order valence-electron chi connectivity index (χ1n) is 3.71. The van der Waals surface area contributed by atoms with Crippen molar-refractivity contribution in [3.63, 3.8) is 0 Å². The van der Waals surface area contributed by atoms with Gasteiger partial charge in [0.25, 0.3) is 5.82 Å². The molecule has 2 aromatic rings. The Bertz CT molecular complexity index is 459. The zero-order valence-electron chi connectivity index (χ0n) is 7.17. The van der Waals surface area contributed by atoms with Gasteiger partial charge in [0.15, 0.2) is 0 Å². The molecule has 8 nitrogen and oxygen atoms in total. The van der Waals surface area contributed by atoms with Crippen LogP contribution >= 0.6 is 0 Å². The second-order valence-electron chi connectivity index (χ2n) is 2.51. The molecule has 2 aromatic heterocycles. The summed E-state index contributed by atoms with van der Waals surface area (Å²) in [5, 5.41) is 18.5. The van der Waals surface area contributed by atoms with Gasteiger partial charge in [-0.2, -0.15) is 14.8 Å². The van der Waals surface area contributed by atoms with Crippen LogP contribution in [0.2, 0.25) is 0 Å². The number of H-pyrrole nitrogens is 1. The highest BCUT2D eigenvalue weighted by Gasteiger charge is 2.14. The molecule has 0 aliphatic rings. The van der Waals surface area contributed by atoms with Gasteiger partial charge in [-0.3, -0.25) is 0 Å². The number of nitrogens with one attached hydrogen (secondary N) is 1. The number of hydrogen-bond acceptors (Lipinski definition) is 5. The van der Waals surface area contributed by atoms with E-state index in [9.17, 15) is 4.79 Å². The average molecular weight is 194 g/mol. The van der Waals surface area contributed by atoms with E-state index >= 15 is 0 Å². The summed E-state index contributed by atoms with van der Waals surface area (Å²) in [6.45, 7) is 1.63. The van der Waals surface area contributed by atoms with Crippen LogP contribution in [0.1, 0.15) is 16.4 Å². The van der Waals surface area contributed by atoms with Crippen LogP contribution in [0.3, 0.4) is 0 Å². The Kier molecular flexibility index (Phi) is 1.73. The maximum absolute atomic E-state index is 10.6. The van der Waals surface area contributed by atoms with Crippen molar-refractivity contribution in [2.24, 2.45) is 0 Å². The summed E-state index contributed by atoms with van der Waals surface area (Å²) in [5.41, 5.74) is 0. The van der Waals surface area contributed by atoms with Gasteiger partial charge in [-0.1, -0.05) is 0 Å². The number of carbonyl (C=O) groups is 1. The minimum Gasteiger partial charge on any atom is -0.475 e. The number of aromatic amines is 1. The molecular formula is C6H6N6O2. The highest BCUT2D eigenvalue weighted by atomic mass is 16.4. The third kappa shape index (κ3) is 1.22. The van der Waals surface area contributed by atoms with Gasteiger partial charge in [-0.25, -0.2) is 14.9 Å². The van der Waals surface area contributed by atoms with Crippen molar-refractivity contribution in [2.75, 3.05) is 0 Å². The molecule has 0 radical (unpaired) electrons. The van der Waals surface area contributed by atoms with E-state index in [0.29, 0.717) is 11.8 Å². The summed E-state index contributed by atoms with van der Waals surface area (Å²) >= 11 is 0. The number of hydrogen-bond donors (Lipinski definition) is 2. The molecule has 2 N–H and O–H groups in total. The second kappa shape index (κ2) is 2.91. The quantitative estimate of drug-likeness (QED) is 0.660. The number of nitrogens with zero attached hydrogens (tertiary/aromatic N) is 5. The number of aromatic carboxylic acids is 1. The van der Waals surface area contributed by atoms with Crippen molar-refractivity contribution >= 4 is 5.97 Å². The Morgan fingerprint density at radius 3 is 2.93 bits per heavy atom. The molecule has 0 saturated carbocycles. The maximum Gasteiger partial charge on any atom is 0.375 e. The number of aryl methyl sites for hydroxylation is 1. The summed E-state index contributed by atoms with van der Waals surface area (Å²) in [6, 6.07) is 0. The first-order valence-corrected chi connectivity index (χ1v) is 3.71. The Hall–Kier alpha value is -2.25. The van der Waals surface area contributed by atoms with E-state index in [-0.39, 0.29) is 5.82 Å². The monoisotopic (exact) mass is 194 g/mol. The molecule has 0 aromatic carbocycles. The molecule has 0 saturated heterocycles. The normalized spacial score (nSPS) is 10.4. The van der Waals surface area contributed by atoms with Crippen molar-refractivity contribution in [2.45, 2.75) is 6.92 Å². The molecule has 0 aliphatic carbocycles. The molecule has 2 rings (SSSR count). The highest BCUT2D eigenvalue weighted by molar-refractivity contribution is 5.82. The van der Waals surface area contributed by atoms with Gasteiger partial charge < -0.3 is 5.11 Å². The van der Waals surface area contributed by atoms with E-state index in [1.54, 1.807) is 6.92 Å². The number of aromatic nitrogens is 6. The molecule has 0 spiro atoms. The standard InChI is InChI=1S/C6H6N6O2/c1-3-9-4(5(13)14)11-12(3)6-7-2-8-10-6/h2H,1H3,(H,13,14)(H,7,8,10). The lowest BCUT2D eigenvalue weighted by molar-refractivity contribution is 0.0683. The lowest BCUT2D eigenvalue weighted by Gasteiger charge is -1.93. The first kappa shape index (κ1) is 8.35. The van der Waals surface area contributed by atoms with Gasteiger partial charge in [0.1, 0.15) is 12.2 Å². The van der Waals surface area contributed by atoms with Crippen molar-refractivity contribution in [3.05, 3.63) is 18.0 Å². The zero-order chi connectivity index (χ0) is 10.1. The Balaban J connectivity index is 2.50. The number of carboxylic acid groups (broad SMARTS) is 1. The summed E-state index contributed by atoms with van der Waals surface area (Å²) < 4.78 is 1.27. The van der Waals surface area contributed by atoms with Crippen molar-refractivity contribution in [1.82, 2.24) is 29.9 Å². The van der Waals surface area contributed by atoms with E-state index < -0.39 is 5.97 Å². The van der Waals surface area contributed by atoms with Crippen LogP contribution in [0.4, 0.5) is 0 Å². The second-order valence-corrected chi connectivity index (χ2v) is 2.51. The van der Waals surface area contributed by atoms with Crippen LogP contribution < -0.4 is 0 Å². The van der Waals surface area contributed by atoms with Gasteiger partial charge in [-0.15, -0.1) is 5.10 Å². The third-order valence-electron chi connectivity index (χ3n) is 1.56. The van der Waals surface area contributed by atoms with Crippen LogP contribution in [0.15, 0.2) is 6.33 Å². The molecule has 0 amide bonds. The Morgan fingerprint density at radius 1 is 1.64 bits per heavy atom. The molecule has 0 fully saturated rings. The number of carboxylic acids is 1. The summed E-state index contributed by atoms with van der Waals surface area (Å²) in [6.07, 6.45) is 1.30. The fourth-order valence-electron chi connectivity index (χ4n) is 0.982. The average Bonchev–Trinajstić information content (AvgIpc) is 2.71. The fourth-order valence-corrected chi connectivity index (χ4v) is 0.982. The van der Waals surface area contributed by atoms with Crippen LogP contribution in [0.5, 0.6) is 0 Å². The summed E-state index contributed by atoms with van der Waals surface area (Å²) in [7, 11) is 0. The molecule has 72 valence electrons. The van der Waals surface area contributed by atoms with Gasteiger partial charge in [0, 0.05) is 0 Å². The minimum atomic E-state index is -1.17. The van der Waals surface area contributed by atoms with Crippen molar-refractivity contribution < 1.29 is 9.90 Å².